The quantitative estimate of drug-likeness (QED) is 0.737. The van der Waals surface area contributed by atoms with Crippen molar-refractivity contribution in [1.29, 1.82) is 0 Å². The Morgan fingerprint density at radius 2 is 1.86 bits per heavy atom. The zero-order valence-electron chi connectivity index (χ0n) is 14.3. The molecule has 22 heavy (non-hydrogen) atoms. The fourth-order valence-electron chi connectivity index (χ4n) is 4.85. The minimum atomic E-state index is 0.0902. The van der Waals surface area contributed by atoms with Crippen molar-refractivity contribution >= 4 is 5.82 Å². The van der Waals surface area contributed by atoms with Gasteiger partial charge < -0.3 is 4.57 Å². The Morgan fingerprint density at radius 1 is 1.14 bits per heavy atom. The predicted molar refractivity (Wildman–Crippen MR) is 88.9 cm³/mol. The van der Waals surface area contributed by atoms with E-state index in [1.54, 1.807) is 5.56 Å². The van der Waals surface area contributed by atoms with Gasteiger partial charge in [0, 0.05) is 36.5 Å². The van der Waals surface area contributed by atoms with E-state index in [0.29, 0.717) is 6.04 Å². The van der Waals surface area contributed by atoms with Crippen molar-refractivity contribution in [3.05, 3.63) is 47.9 Å². The average molecular weight is 296 g/mol. The minimum absolute atomic E-state index is 0.0902. The lowest BCUT2D eigenvalue weighted by molar-refractivity contribution is -0.659. The van der Waals surface area contributed by atoms with E-state index in [1.807, 2.05) is 0 Å². The largest absolute Gasteiger partial charge is 0.356 e. The van der Waals surface area contributed by atoms with Crippen molar-refractivity contribution in [3.8, 4) is 0 Å². The van der Waals surface area contributed by atoms with Crippen molar-refractivity contribution < 1.29 is 4.57 Å². The molecule has 3 atom stereocenters. The van der Waals surface area contributed by atoms with Crippen LogP contribution < -0.4 is 9.47 Å². The Balaban J connectivity index is 1.98. The molecule has 116 valence electrons. The van der Waals surface area contributed by atoms with E-state index < -0.39 is 0 Å². The highest BCUT2D eigenvalue weighted by molar-refractivity contribution is 5.56. The molecular formula is C19H26N3+. The third-order valence-corrected chi connectivity index (χ3v) is 6.40. The summed E-state index contributed by atoms with van der Waals surface area (Å²) in [6, 6.07) is 7.01. The molecule has 3 nitrogen and oxygen atoms in total. The maximum Gasteiger partial charge on any atom is 0.277 e. The first-order chi connectivity index (χ1) is 10.4. The van der Waals surface area contributed by atoms with E-state index >= 15 is 0 Å². The maximum atomic E-state index is 2.67. The zero-order chi connectivity index (χ0) is 15.7. The number of aromatic nitrogens is 2. The molecule has 3 heteroatoms. The summed E-state index contributed by atoms with van der Waals surface area (Å²) in [6.07, 6.45) is 9.34. The highest BCUT2D eigenvalue weighted by Crippen LogP contribution is 2.57. The van der Waals surface area contributed by atoms with Crippen molar-refractivity contribution in [2.24, 2.45) is 14.1 Å². The lowest BCUT2D eigenvalue weighted by Crippen LogP contribution is -2.67. The van der Waals surface area contributed by atoms with Gasteiger partial charge in [0.15, 0.2) is 0 Å². The van der Waals surface area contributed by atoms with E-state index in [0.717, 1.165) is 0 Å². The summed E-state index contributed by atoms with van der Waals surface area (Å²) in [5.41, 5.74) is 3.40. The molecule has 5 rings (SSSR count). The Morgan fingerprint density at radius 3 is 2.59 bits per heavy atom. The maximum absolute atomic E-state index is 2.67. The summed E-state index contributed by atoms with van der Waals surface area (Å²) in [6.45, 7) is 7.28. The second-order valence-electron chi connectivity index (χ2n) is 7.66. The SMILES string of the molecule is CC1N(c2cccc[n+]2C)C2(C)CCC1(C)c1cn(C)cc12. The van der Waals surface area contributed by atoms with Crippen LogP contribution in [0.2, 0.25) is 0 Å². The second kappa shape index (κ2) is 4.15. The van der Waals surface area contributed by atoms with Crippen LogP contribution in [-0.4, -0.2) is 10.6 Å². The fourth-order valence-corrected chi connectivity index (χ4v) is 4.85. The number of anilines is 1. The third kappa shape index (κ3) is 1.49. The molecule has 0 amide bonds. The summed E-state index contributed by atoms with van der Waals surface area (Å²) in [7, 11) is 4.31. The van der Waals surface area contributed by atoms with E-state index in [9.17, 15) is 0 Å². The van der Waals surface area contributed by atoms with Crippen molar-refractivity contribution in [1.82, 2.24) is 4.57 Å². The summed E-state index contributed by atoms with van der Waals surface area (Å²) >= 11 is 0. The Labute approximate surface area is 133 Å². The smallest absolute Gasteiger partial charge is 0.277 e. The Bertz CT molecular complexity index is 747. The van der Waals surface area contributed by atoms with Crippen LogP contribution in [-0.2, 0) is 25.0 Å². The molecule has 2 bridgehead atoms. The van der Waals surface area contributed by atoms with Gasteiger partial charge in [-0.2, -0.15) is 0 Å². The standard InChI is InChI=1S/C19H26N3/c1-14-18(2)9-10-19(3,16-13-20(4)12-15(16)18)22(14)17-8-6-7-11-21(17)5/h6-8,11-14H,9-10H2,1-5H3/q+1. The molecule has 4 heterocycles. The van der Waals surface area contributed by atoms with Gasteiger partial charge in [0.25, 0.3) is 5.82 Å². The number of hydrogen-bond donors (Lipinski definition) is 0. The second-order valence-corrected chi connectivity index (χ2v) is 7.66. The normalized spacial score (nSPS) is 33.1. The Kier molecular flexibility index (Phi) is 2.62. The summed E-state index contributed by atoms with van der Waals surface area (Å²) in [4.78, 5) is 2.67. The molecule has 3 aliphatic rings. The van der Waals surface area contributed by atoms with Gasteiger partial charge in [0.1, 0.15) is 11.6 Å². The molecule has 1 fully saturated rings. The lowest BCUT2D eigenvalue weighted by Gasteiger charge is -2.57. The van der Waals surface area contributed by atoms with Crippen LogP contribution in [0.25, 0.3) is 0 Å². The number of aryl methyl sites for hydroxylation is 2. The number of fused-ring (bicyclic) bond motifs is 2. The van der Waals surface area contributed by atoms with Crippen molar-refractivity contribution in [2.45, 2.75) is 50.6 Å². The highest BCUT2D eigenvalue weighted by Gasteiger charge is 2.61. The van der Waals surface area contributed by atoms with Crippen LogP contribution >= 0.6 is 0 Å². The monoisotopic (exact) mass is 296 g/mol. The van der Waals surface area contributed by atoms with E-state index in [4.69, 9.17) is 0 Å². The van der Waals surface area contributed by atoms with Gasteiger partial charge in [-0.15, -0.1) is 0 Å². The van der Waals surface area contributed by atoms with Gasteiger partial charge in [0.05, 0.1) is 13.2 Å². The summed E-state index contributed by atoms with van der Waals surface area (Å²) in [5, 5.41) is 0. The minimum Gasteiger partial charge on any atom is -0.356 e. The molecule has 0 aromatic carbocycles. The van der Waals surface area contributed by atoms with E-state index in [2.05, 4.69) is 85.7 Å². The highest BCUT2D eigenvalue weighted by atomic mass is 15.3. The molecule has 2 aliphatic heterocycles. The average Bonchev–Trinajstić information content (AvgIpc) is 2.89. The van der Waals surface area contributed by atoms with Crippen molar-refractivity contribution in [3.63, 3.8) is 0 Å². The first kappa shape index (κ1) is 13.9. The van der Waals surface area contributed by atoms with Crippen LogP contribution in [0.5, 0.6) is 0 Å². The van der Waals surface area contributed by atoms with E-state index in [-0.39, 0.29) is 11.0 Å². The van der Waals surface area contributed by atoms with Crippen LogP contribution in [0.1, 0.15) is 44.7 Å². The van der Waals surface area contributed by atoms with Crippen LogP contribution in [0.4, 0.5) is 5.82 Å². The number of piperidine rings is 1. The third-order valence-electron chi connectivity index (χ3n) is 6.40. The summed E-state index contributed by atoms with van der Waals surface area (Å²) in [5.74, 6) is 1.32. The van der Waals surface area contributed by atoms with Gasteiger partial charge in [-0.25, -0.2) is 9.47 Å². The van der Waals surface area contributed by atoms with Crippen LogP contribution in [0.3, 0.4) is 0 Å². The molecule has 0 N–H and O–H groups in total. The Hall–Kier alpha value is -1.77. The molecule has 0 saturated carbocycles. The van der Waals surface area contributed by atoms with Gasteiger partial charge >= 0.3 is 0 Å². The van der Waals surface area contributed by atoms with Crippen LogP contribution in [0, 0.1) is 0 Å². The molecule has 3 unspecified atom stereocenters. The predicted octanol–water partition coefficient (Wildman–Crippen LogP) is 3.03. The number of pyridine rings is 1. The van der Waals surface area contributed by atoms with E-state index in [1.165, 1.54) is 24.2 Å². The number of nitrogens with zero attached hydrogens (tertiary/aromatic N) is 3. The molecular weight excluding hydrogens is 270 g/mol. The first-order valence-electron chi connectivity index (χ1n) is 8.29. The lowest BCUT2D eigenvalue weighted by atomic mass is 9.58. The molecule has 0 spiro atoms. The number of rotatable bonds is 1. The molecule has 2 aromatic heterocycles. The molecule has 1 saturated heterocycles. The molecule has 0 radical (unpaired) electrons. The fraction of sp³-hybridized carbons (Fsp3) is 0.526. The molecule has 1 aliphatic carbocycles. The zero-order valence-corrected chi connectivity index (χ0v) is 14.3. The number of hydrogen-bond acceptors (Lipinski definition) is 1. The molecule has 2 aromatic rings. The van der Waals surface area contributed by atoms with Crippen molar-refractivity contribution in [2.75, 3.05) is 4.90 Å². The van der Waals surface area contributed by atoms with Crippen LogP contribution in [0.15, 0.2) is 36.8 Å². The van der Waals surface area contributed by atoms with Gasteiger partial charge in [0.2, 0.25) is 0 Å². The van der Waals surface area contributed by atoms with Gasteiger partial charge in [-0.3, -0.25) is 0 Å². The summed E-state index contributed by atoms with van der Waals surface area (Å²) < 4.78 is 4.50. The topological polar surface area (TPSA) is 12.1 Å². The van der Waals surface area contributed by atoms with Gasteiger partial charge in [-0.1, -0.05) is 13.0 Å². The first-order valence-corrected chi connectivity index (χ1v) is 8.29. The van der Waals surface area contributed by atoms with Gasteiger partial charge in [-0.05, 0) is 38.3 Å².